The molecule has 0 bridgehead atoms. The Morgan fingerprint density at radius 3 is 2.67 bits per heavy atom. The van der Waals surface area contributed by atoms with Crippen LogP contribution in [0.15, 0.2) is 24.3 Å². The fourth-order valence-electron chi connectivity index (χ4n) is 2.11. The number of nitrogens with one attached hydrogen (secondary N) is 1. The number of urea groups is 1. The topological polar surface area (TPSA) is 41.6 Å². The molecular weight excluding hydrogens is 343 g/mol. The molecule has 5 heteroatoms. The number of hydrogen-bond acceptors (Lipinski definition) is 2. The summed E-state index contributed by atoms with van der Waals surface area (Å²) in [6.07, 6.45) is 0.186. The van der Waals surface area contributed by atoms with Crippen molar-refractivity contribution in [1.82, 2.24) is 4.90 Å². The van der Waals surface area contributed by atoms with Gasteiger partial charge >= 0.3 is 6.03 Å². The molecule has 0 aromatic heterocycles. The summed E-state index contributed by atoms with van der Waals surface area (Å²) < 4.78 is 6.72. The lowest BCUT2D eigenvalue weighted by atomic mass is 10.2. The maximum Gasteiger partial charge on any atom is 0.322 e. The average molecular weight is 360 g/mol. The minimum atomic E-state index is -0.0565. The number of hydrogen-bond donors (Lipinski definition) is 1. The van der Waals surface area contributed by atoms with Crippen LogP contribution < -0.4 is 5.32 Å². The van der Waals surface area contributed by atoms with Crippen molar-refractivity contribution in [2.24, 2.45) is 0 Å². The van der Waals surface area contributed by atoms with Crippen molar-refractivity contribution in [3.05, 3.63) is 27.8 Å². The first-order valence-electron chi connectivity index (χ1n) is 6.01. The van der Waals surface area contributed by atoms with E-state index >= 15 is 0 Å². The van der Waals surface area contributed by atoms with Crippen LogP contribution in [0.3, 0.4) is 0 Å². The zero-order chi connectivity index (χ0) is 13.1. The second-order valence-corrected chi connectivity index (χ2v) is 5.85. The molecule has 2 amide bonds. The van der Waals surface area contributed by atoms with Gasteiger partial charge in [-0.05, 0) is 54.6 Å². The Morgan fingerprint density at radius 2 is 2.06 bits per heavy atom. The van der Waals surface area contributed by atoms with Gasteiger partial charge in [-0.15, -0.1) is 0 Å². The van der Waals surface area contributed by atoms with Crippen molar-refractivity contribution in [3.8, 4) is 0 Å². The van der Waals surface area contributed by atoms with Crippen LogP contribution >= 0.6 is 22.6 Å². The summed E-state index contributed by atoms with van der Waals surface area (Å²) in [7, 11) is 0. The minimum Gasteiger partial charge on any atom is -0.372 e. The van der Waals surface area contributed by atoms with Gasteiger partial charge in [-0.1, -0.05) is 6.07 Å². The van der Waals surface area contributed by atoms with E-state index in [1.54, 1.807) is 4.90 Å². The van der Waals surface area contributed by atoms with Gasteiger partial charge in [0, 0.05) is 22.3 Å². The van der Waals surface area contributed by atoms with Gasteiger partial charge in [0.2, 0.25) is 0 Å². The van der Waals surface area contributed by atoms with E-state index in [0.717, 1.165) is 9.26 Å². The number of morpholine rings is 1. The molecule has 0 aliphatic carbocycles. The van der Waals surface area contributed by atoms with Crippen LogP contribution in [-0.2, 0) is 4.74 Å². The van der Waals surface area contributed by atoms with E-state index in [2.05, 4.69) is 27.9 Å². The molecule has 1 heterocycles. The van der Waals surface area contributed by atoms with E-state index in [-0.39, 0.29) is 18.2 Å². The van der Waals surface area contributed by atoms with Crippen LogP contribution in [0.25, 0.3) is 0 Å². The second kappa shape index (κ2) is 5.88. The zero-order valence-corrected chi connectivity index (χ0v) is 12.7. The fraction of sp³-hybridized carbons (Fsp3) is 0.462. The Hall–Kier alpha value is -0.820. The van der Waals surface area contributed by atoms with Gasteiger partial charge in [-0.2, -0.15) is 0 Å². The van der Waals surface area contributed by atoms with Gasteiger partial charge in [0.15, 0.2) is 0 Å². The smallest absolute Gasteiger partial charge is 0.322 e. The molecule has 1 N–H and O–H groups in total. The molecule has 0 radical (unpaired) electrons. The number of rotatable bonds is 1. The molecule has 1 aliphatic rings. The molecule has 4 nitrogen and oxygen atoms in total. The van der Waals surface area contributed by atoms with Crippen LogP contribution in [-0.4, -0.2) is 36.2 Å². The third-order valence-electron chi connectivity index (χ3n) is 2.78. The third-order valence-corrected chi connectivity index (χ3v) is 3.45. The van der Waals surface area contributed by atoms with Crippen molar-refractivity contribution in [3.63, 3.8) is 0 Å². The number of halogens is 1. The van der Waals surface area contributed by atoms with E-state index in [0.29, 0.717) is 13.1 Å². The summed E-state index contributed by atoms with van der Waals surface area (Å²) in [6, 6.07) is 7.72. The van der Waals surface area contributed by atoms with Gasteiger partial charge in [-0.3, -0.25) is 0 Å². The van der Waals surface area contributed by atoms with Gasteiger partial charge in [0.05, 0.1) is 12.2 Å². The first-order chi connectivity index (χ1) is 8.54. The van der Waals surface area contributed by atoms with Gasteiger partial charge < -0.3 is 15.0 Å². The lowest BCUT2D eigenvalue weighted by Crippen LogP contribution is -2.49. The van der Waals surface area contributed by atoms with Crippen molar-refractivity contribution < 1.29 is 9.53 Å². The summed E-state index contributed by atoms with van der Waals surface area (Å²) in [6.45, 7) is 5.25. The molecular formula is C13H17IN2O2. The quantitative estimate of drug-likeness (QED) is 0.783. The van der Waals surface area contributed by atoms with E-state index in [4.69, 9.17) is 4.74 Å². The lowest BCUT2D eigenvalue weighted by molar-refractivity contribution is -0.0530. The summed E-state index contributed by atoms with van der Waals surface area (Å²) in [5, 5.41) is 2.92. The number of benzene rings is 1. The van der Waals surface area contributed by atoms with E-state index in [9.17, 15) is 4.79 Å². The predicted octanol–water partition coefficient (Wildman–Crippen LogP) is 2.93. The molecule has 2 atom stereocenters. The second-order valence-electron chi connectivity index (χ2n) is 4.60. The SMILES string of the molecule is C[C@@H]1CN(C(=O)Nc2cccc(I)c2)C[C@H](C)O1. The highest BCUT2D eigenvalue weighted by Gasteiger charge is 2.25. The molecule has 2 rings (SSSR count). The number of amides is 2. The maximum absolute atomic E-state index is 12.1. The highest BCUT2D eigenvalue weighted by atomic mass is 127. The number of nitrogens with zero attached hydrogens (tertiary/aromatic N) is 1. The first kappa shape index (κ1) is 13.6. The Labute approximate surface area is 121 Å². The minimum absolute atomic E-state index is 0.0565. The van der Waals surface area contributed by atoms with Crippen LogP contribution in [0.2, 0.25) is 0 Å². The van der Waals surface area contributed by atoms with E-state index in [1.165, 1.54) is 0 Å². The van der Waals surface area contributed by atoms with Crippen molar-refractivity contribution in [1.29, 1.82) is 0 Å². The summed E-state index contributed by atoms with van der Waals surface area (Å²) in [5.74, 6) is 0. The molecule has 1 aromatic rings. The molecule has 0 unspecified atom stereocenters. The fourth-order valence-corrected chi connectivity index (χ4v) is 2.66. The molecule has 1 fully saturated rings. The van der Waals surface area contributed by atoms with Crippen molar-refractivity contribution >= 4 is 34.3 Å². The standard InChI is InChI=1S/C13H17IN2O2/c1-9-7-16(8-10(2)18-9)13(17)15-12-5-3-4-11(14)6-12/h3-6,9-10H,7-8H2,1-2H3,(H,15,17)/t9-,10+. The molecule has 98 valence electrons. The monoisotopic (exact) mass is 360 g/mol. The number of anilines is 1. The highest BCUT2D eigenvalue weighted by Crippen LogP contribution is 2.15. The summed E-state index contributed by atoms with van der Waals surface area (Å²) in [5.41, 5.74) is 0.832. The molecule has 1 aliphatic heterocycles. The highest BCUT2D eigenvalue weighted by molar-refractivity contribution is 14.1. The Bertz CT molecular complexity index is 429. The molecule has 1 saturated heterocycles. The molecule has 0 spiro atoms. The van der Waals surface area contributed by atoms with Crippen LogP contribution in [0.5, 0.6) is 0 Å². The first-order valence-corrected chi connectivity index (χ1v) is 7.09. The number of ether oxygens (including phenoxy) is 1. The van der Waals surface area contributed by atoms with Crippen molar-refractivity contribution in [2.45, 2.75) is 26.1 Å². The largest absolute Gasteiger partial charge is 0.372 e. The Balaban J connectivity index is 1.99. The molecule has 18 heavy (non-hydrogen) atoms. The van der Waals surface area contributed by atoms with Gasteiger partial charge in [0.1, 0.15) is 0 Å². The molecule has 0 saturated carbocycles. The number of carbonyl (C=O) groups is 1. The van der Waals surface area contributed by atoms with Crippen LogP contribution in [0.4, 0.5) is 10.5 Å². The predicted molar refractivity (Wildman–Crippen MR) is 79.8 cm³/mol. The summed E-state index contributed by atoms with van der Waals surface area (Å²) in [4.78, 5) is 13.9. The van der Waals surface area contributed by atoms with Gasteiger partial charge in [0.25, 0.3) is 0 Å². The van der Waals surface area contributed by atoms with Crippen molar-refractivity contribution in [2.75, 3.05) is 18.4 Å². The Morgan fingerprint density at radius 1 is 1.39 bits per heavy atom. The zero-order valence-electron chi connectivity index (χ0n) is 10.5. The Kier molecular flexibility index (Phi) is 4.45. The van der Waals surface area contributed by atoms with Crippen LogP contribution in [0, 0.1) is 3.57 Å². The van der Waals surface area contributed by atoms with Gasteiger partial charge in [-0.25, -0.2) is 4.79 Å². The summed E-state index contributed by atoms with van der Waals surface area (Å²) >= 11 is 2.23. The number of carbonyl (C=O) groups excluding carboxylic acids is 1. The maximum atomic E-state index is 12.1. The third kappa shape index (κ3) is 3.58. The normalized spacial score (nSPS) is 23.8. The van der Waals surface area contributed by atoms with E-state index in [1.807, 2.05) is 38.1 Å². The lowest BCUT2D eigenvalue weighted by Gasteiger charge is -2.35. The van der Waals surface area contributed by atoms with Crippen LogP contribution in [0.1, 0.15) is 13.8 Å². The average Bonchev–Trinajstić information content (AvgIpc) is 2.27. The molecule has 1 aromatic carbocycles. The van der Waals surface area contributed by atoms with E-state index < -0.39 is 0 Å².